The summed E-state index contributed by atoms with van der Waals surface area (Å²) in [5.74, 6) is -3.03. The molecule has 150 valence electrons. The molecule has 0 unspecified atom stereocenters. The number of aliphatic carboxylic acids is 3. The molecule has 0 rings (SSSR count). The van der Waals surface area contributed by atoms with Crippen LogP contribution in [0.3, 0.4) is 0 Å². The molecule has 0 atom stereocenters. The van der Waals surface area contributed by atoms with Crippen molar-refractivity contribution in [3.8, 4) is 0 Å². The van der Waals surface area contributed by atoms with Crippen molar-refractivity contribution in [1.82, 2.24) is 20.4 Å². The minimum atomic E-state index is -1.02. The predicted molar refractivity (Wildman–Crippen MR) is 92.2 cm³/mol. The van der Waals surface area contributed by atoms with Crippen LogP contribution in [0.15, 0.2) is 0 Å². The number of rotatable bonds is 17. The Balaban J connectivity index is 4.41. The Labute approximate surface area is 151 Å². The van der Waals surface area contributed by atoms with E-state index < -0.39 is 17.9 Å². The molecule has 11 nitrogen and oxygen atoms in total. The second-order valence-electron chi connectivity index (χ2n) is 5.79. The highest BCUT2D eigenvalue weighted by Gasteiger charge is 2.14. The SMILES string of the molecule is CC(=O)CNCCN(CCN(CCNCC(=O)O)CC(=O)O)CC(=O)O. The van der Waals surface area contributed by atoms with Crippen molar-refractivity contribution in [1.29, 1.82) is 0 Å². The topological polar surface area (TPSA) is 160 Å². The first kappa shape index (κ1) is 23.9. The first-order valence-corrected chi connectivity index (χ1v) is 8.21. The molecule has 0 aliphatic rings. The Morgan fingerprint density at radius 1 is 0.692 bits per heavy atom. The summed E-state index contributed by atoms with van der Waals surface area (Å²) >= 11 is 0. The zero-order valence-corrected chi connectivity index (χ0v) is 14.9. The third-order valence-corrected chi connectivity index (χ3v) is 3.31. The molecule has 0 saturated heterocycles. The van der Waals surface area contributed by atoms with Crippen molar-refractivity contribution >= 4 is 23.7 Å². The minimum Gasteiger partial charge on any atom is -0.480 e. The molecule has 0 radical (unpaired) electrons. The molecule has 0 aromatic heterocycles. The van der Waals surface area contributed by atoms with Gasteiger partial charge in [0.25, 0.3) is 0 Å². The Kier molecular flexibility index (Phi) is 13.0. The van der Waals surface area contributed by atoms with E-state index in [9.17, 15) is 19.2 Å². The molecule has 0 aromatic carbocycles. The van der Waals surface area contributed by atoms with Gasteiger partial charge in [-0.2, -0.15) is 0 Å². The van der Waals surface area contributed by atoms with E-state index in [0.717, 1.165) is 0 Å². The fourth-order valence-electron chi connectivity index (χ4n) is 2.14. The van der Waals surface area contributed by atoms with Gasteiger partial charge in [0, 0.05) is 39.3 Å². The lowest BCUT2D eigenvalue weighted by molar-refractivity contribution is -0.140. The molecule has 11 heteroatoms. The van der Waals surface area contributed by atoms with Gasteiger partial charge in [-0.1, -0.05) is 0 Å². The average Bonchev–Trinajstić information content (AvgIpc) is 2.51. The molecule has 0 aliphatic heterocycles. The van der Waals surface area contributed by atoms with Gasteiger partial charge in [0.2, 0.25) is 0 Å². The highest BCUT2D eigenvalue weighted by molar-refractivity contribution is 5.77. The highest BCUT2D eigenvalue weighted by atomic mass is 16.4. The summed E-state index contributed by atoms with van der Waals surface area (Å²) in [6, 6.07) is 0. The maximum atomic E-state index is 11.0. The van der Waals surface area contributed by atoms with Gasteiger partial charge in [0.15, 0.2) is 0 Å². The zero-order chi connectivity index (χ0) is 19.9. The van der Waals surface area contributed by atoms with Crippen LogP contribution in [0.1, 0.15) is 6.92 Å². The van der Waals surface area contributed by atoms with Crippen molar-refractivity contribution in [2.45, 2.75) is 6.92 Å². The second-order valence-corrected chi connectivity index (χ2v) is 5.79. The summed E-state index contributed by atoms with van der Waals surface area (Å²) in [6.45, 7) is 3.14. The molecule has 0 aliphatic carbocycles. The van der Waals surface area contributed by atoms with Crippen LogP contribution in [0.5, 0.6) is 0 Å². The molecule has 26 heavy (non-hydrogen) atoms. The van der Waals surface area contributed by atoms with Crippen LogP contribution in [0.4, 0.5) is 0 Å². The number of carbonyl (C=O) groups excluding carboxylic acids is 1. The predicted octanol–water partition coefficient (Wildman–Crippen LogP) is -2.39. The van der Waals surface area contributed by atoms with Gasteiger partial charge in [0.1, 0.15) is 5.78 Å². The third kappa shape index (κ3) is 15.4. The first-order valence-electron chi connectivity index (χ1n) is 8.21. The van der Waals surface area contributed by atoms with Gasteiger partial charge in [-0.15, -0.1) is 0 Å². The third-order valence-electron chi connectivity index (χ3n) is 3.31. The number of hydrogen-bond donors (Lipinski definition) is 5. The van der Waals surface area contributed by atoms with Gasteiger partial charge in [-0.3, -0.25) is 29.0 Å². The molecule has 0 spiro atoms. The zero-order valence-electron chi connectivity index (χ0n) is 14.9. The minimum absolute atomic E-state index is 0.0173. The van der Waals surface area contributed by atoms with Crippen molar-refractivity contribution in [3.05, 3.63) is 0 Å². The van der Waals surface area contributed by atoms with Crippen molar-refractivity contribution < 1.29 is 34.5 Å². The monoisotopic (exact) mass is 376 g/mol. The molecular formula is C15H28N4O7. The number of carboxylic acid groups (broad SMARTS) is 3. The van der Waals surface area contributed by atoms with Crippen LogP contribution in [-0.4, -0.2) is 114 Å². The summed E-state index contributed by atoms with van der Waals surface area (Å²) in [6.07, 6.45) is 0. The smallest absolute Gasteiger partial charge is 0.317 e. The Morgan fingerprint density at radius 3 is 1.46 bits per heavy atom. The number of carboxylic acids is 3. The summed E-state index contributed by atoms with van der Waals surface area (Å²) in [5, 5.41) is 32.1. The summed E-state index contributed by atoms with van der Waals surface area (Å²) < 4.78 is 0. The normalized spacial score (nSPS) is 11.0. The van der Waals surface area contributed by atoms with Crippen LogP contribution >= 0.6 is 0 Å². The lowest BCUT2D eigenvalue weighted by Gasteiger charge is -2.26. The largest absolute Gasteiger partial charge is 0.480 e. The summed E-state index contributed by atoms with van der Waals surface area (Å²) in [4.78, 5) is 46.5. The molecule has 0 amide bonds. The van der Waals surface area contributed by atoms with E-state index in [1.165, 1.54) is 6.92 Å². The van der Waals surface area contributed by atoms with Gasteiger partial charge in [-0.25, -0.2) is 0 Å². The van der Waals surface area contributed by atoms with Crippen LogP contribution in [0.25, 0.3) is 0 Å². The van der Waals surface area contributed by atoms with Crippen LogP contribution < -0.4 is 10.6 Å². The fourth-order valence-corrected chi connectivity index (χ4v) is 2.14. The van der Waals surface area contributed by atoms with E-state index in [0.29, 0.717) is 39.3 Å². The quantitative estimate of drug-likeness (QED) is 0.172. The summed E-state index contributed by atoms with van der Waals surface area (Å²) in [7, 11) is 0. The Bertz CT molecular complexity index is 431. The second kappa shape index (κ2) is 14.1. The number of hydrogen-bond acceptors (Lipinski definition) is 8. The van der Waals surface area contributed by atoms with Crippen molar-refractivity contribution in [2.24, 2.45) is 0 Å². The molecule has 0 bridgehead atoms. The van der Waals surface area contributed by atoms with Crippen LogP contribution in [0.2, 0.25) is 0 Å². The molecule has 0 heterocycles. The Morgan fingerprint density at radius 2 is 1.12 bits per heavy atom. The van der Waals surface area contributed by atoms with Crippen molar-refractivity contribution in [3.63, 3.8) is 0 Å². The number of carbonyl (C=O) groups is 4. The van der Waals surface area contributed by atoms with E-state index in [-0.39, 0.29) is 32.0 Å². The number of nitrogens with one attached hydrogen (secondary N) is 2. The number of nitrogens with zero attached hydrogens (tertiary/aromatic N) is 2. The lowest BCUT2D eigenvalue weighted by Crippen LogP contribution is -2.44. The number of Topliss-reactive ketones (excluding diaryl/α,β-unsaturated/α-hetero) is 1. The molecule has 0 saturated carbocycles. The standard InChI is InChI=1S/C15H28N4O7/c1-12(20)8-16-2-4-18(10-14(23)24)6-7-19(11-15(25)26)5-3-17-9-13(21)22/h16-17H,2-11H2,1H3,(H,21,22)(H,23,24)(H,25,26). The maximum absolute atomic E-state index is 11.0. The molecule has 0 fully saturated rings. The molecular weight excluding hydrogens is 348 g/mol. The first-order chi connectivity index (χ1) is 12.2. The fraction of sp³-hybridized carbons (Fsp3) is 0.733. The van der Waals surface area contributed by atoms with E-state index in [1.54, 1.807) is 9.80 Å². The van der Waals surface area contributed by atoms with E-state index in [2.05, 4.69) is 10.6 Å². The van der Waals surface area contributed by atoms with E-state index in [4.69, 9.17) is 15.3 Å². The average molecular weight is 376 g/mol. The maximum Gasteiger partial charge on any atom is 0.317 e. The van der Waals surface area contributed by atoms with Gasteiger partial charge in [0.05, 0.1) is 26.2 Å². The van der Waals surface area contributed by atoms with Crippen LogP contribution in [0, 0.1) is 0 Å². The lowest BCUT2D eigenvalue weighted by atomic mass is 10.3. The molecule has 5 N–H and O–H groups in total. The Hall–Kier alpha value is -2.08. The van der Waals surface area contributed by atoms with Gasteiger partial charge in [-0.05, 0) is 6.92 Å². The number of ketones is 1. The van der Waals surface area contributed by atoms with Crippen LogP contribution in [-0.2, 0) is 19.2 Å². The van der Waals surface area contributed by atoms with Crippen molar-refractivity contribution in [2.75, 3.05) is 65.4 Å². The van der Waals surface area contributed by atoms with Gasteiger partial charge >= 0.3 is 17.9 Å². The van der Waals surface area contributed by atoms with E-state index in [1.807, 2.05) is 0 Å². The highest BCUT2D eigenvalue weighted by Crippen LogP contribution is 1.93. The van der Waals surface area contributed by atoms with Gasteiger partial charge < -0.3 is 26.0 Å². The molecule has 0 aromatic rings. The summed E-state index contributed by atoms with van der Waals surface area (Å²) in [5.41, 5.74) is 0. The van der Waals surface area contributed by atoms with E-state index >= 15 is 0 Å².